The molecule has 1 aliphatic rings. The number of amides is 1. The first-order valence-corrected chi connectivity index (χ1v) is 8.95. The van der Waals surface area contributed by atoms with Crippen LogP contribution in [0.3, 0.4) is 0 Å². The van der Waals surface area contributed by atoms with Crippen LogP contribution in [0, 0.1) is 13.8 Å². The summed E-state index contributed by atoms with van der Waals surface area (Å²) in [7, 11) is 0. The van der Waals surface area contributed by atoms with Crippen LogP contribution < -0.4 is 5.32 Å². The second-order valence-electron chi connectivity index (χ2n) is 7.83. The molecule has 1 N–H and O–H groups in total. The van der Waals surface area contributed by atoms with Crippen molar-refractivity contribution in [3.63, 3.8) is 0 Å². The van der Waals surface area contributed by atoms with Gasteiger partial charge in [0.2, 0.25) is 5.91 Å². The van der Waals surface area contributed by atoms with E-state index in [-0.39, 0.29) is 11.3 Å². The minimum atomic E-state index is 0.110. The molecule has 2 rings (SSSR count). The van der Waals surface area contributed by atoms with Gasteiger partial charge in [0.15, 0.2) is 0 Å². The predicted molar refractivity (Wildman–Crippen MR) is 98.6 cm³/mol. The largest absolute Gasteiger partial charge is 0.379 e. The zero-order valence-corrected chi connectivity index (χ0v) is 15.9. The molecule has 1 aromatic rings. The van der Waals surface area contributed by atoms with Crippen LogP contribution in [0.4, 0.5) is 0 Å². The van der Waals surface area contributed by atoms with Crippen molar-refractivity contribution >= 4 is 5.91 Å². The number of ether oxygens (including phenoxy) is 1. The quantitative estimate of drug-likeness (QED) is 0.901. The molecule has 0 saturated carbocycles. The minimum Gasteiger partial charge on any atom is -0.379 e. The lowest BCUT2D eigenvalue weighted by Gasteiger charge is -2.26. The topological polar surface area (TPSA) is 41.6 Å². The van der Waals surface area contributed by atoms with Gasteiger partial charge in [-0.15, -0.1) is 0 Å². The van der Waals surface area contributed by atoms with Crippen molar-refractivity contribution in [2.24, 2.45) is 0 Å². The molecule has 134 valence electrons. The van der Waals surface area contributed by atoms with Gasteiger partial charge in [0.05, 0.1) is 19.8 Å². The summed E-state index contributed by atoms with van der Waals surface area (Å²) in [5, 5.41) is 3.06. The highest BCUT2D eigenvalue weighted by atomic mass is 16.5. The summed E-state index contributed by atoms with van der Waals surface area (Å²) < 4.78 is 5.31. The monoisotopic (exact) mass is 332 g/mol. The van der Waals surface area contributed by atoms with E-state index >= 15 is 0 Å². The summed E-state index contributed by atoms with van der Waals surface area (Å²) in [5.41, 5.74) is 5.54. The van der Waals surface area contributed by atoms with E-state index in [4.69, 9.17) is 4.74 Å². The Labute approximate surface area is 146 Å². The molecule has 4 nitrogen and oxygen atoms in total. The van der Waals surface area contributed by atoms with Gasteiger partial charge in [-0.1, -0.05) is 32.9 Å². The van der Waals surface area contributed by atoms with Crippen LogP contribution in [-0.4, -0.2) is 50.2 Å². The van der Waals surface area contributed by atoms with Gasteiger partial charge >= 0.3 is 0 Å². The molecule has 1 fully saturated rings. The van der Waals surface area contributed by atoms with E-state index in [9.17, 15) is 4.79 Å². The number of hydrogen-bond donors (Lipinski definition) is 1. The highest BCUT2D eigenvalue weighted by Crippen LogP contribution is 2.27. The fraction of sp³-hybridized carbons (Fsp3) is 0.650. The van der Waals surface area contributed by atoms with Crippen molar-refractivity contribution in [3.05, 3.63) is 34.4 Å². The predicted octanol–water partition coefficient (Wildman–Crippen LogP) is 2.59. The molecule has 1 amide bonds. The van der Waals surface area contributed by atoms with Crippen LogP contribution in [-0.2, 0) is 21.4 Å². The molecule has 0 spiro atoms. The number of morpholine rings is 1. The Hall–Kier alpha value is -1.39. The number of rotatable bonds is 5. The highest BCUT2D eigenvalue weighted by Gasteiger charge is 2.17. The molecule has 1 aromatic carbocycles. The lowest BCUT2D eigenvalue weighted by atomic mass is 9.83. The zero-order chi connectivity index (χ0) is 17.7. The molecular formula is C20H32N2O2. The van der Waals surface area contributed by atoms with Gasteiger partial charge in [-0.05, 0) is 47.9 Å². The molecule has 1 heterocycles. The average Bonchev–Trinajstić information content (AvgIpc) is 2.50. The lowest BCUT2D eigenvalue weighted by Crippen LogP contribution is -2.43. The van der Waals surface area contributed by atoms with Gasteiger partial charge in [-0.25, -0.2) is 0 Å². The number of nitrogens with one attached hydrogen (secondary N) is 1. The summed E-state index contributed by atoms with van der Waals surface area (Å²) in [4.78, 5) is 14.2. The van der Waals surface area contributed by atoms with E-state index in [1.54, 1.807) is 0 Å². The van der Waals surface area contributed by atoms with Crippen LogP contribution in [0.25, 0.3) is 0 Å². The summed E-state index contributed by atoms with van der Waals surface area (Å²) >= 11 is 0. The molecule has 24 heavy (non-hydrogen) atoms. The second kappa shape index (κ2) is 8.13. The Morgan fingerprint density at radius 1 is 1.17 bits per heavy atom. The van der Waals surface area contributed by atoms with Crippen molar-refractivity contribution < 1.29 is 9.53 Å². The second-order valence-corrected chi connectivity index (χ2v) is 7.83. The highest BCUT2D eigenvalue weighted by molar-refractivity contribution is 5.78. The smallest absolute Gasteiger partial charge is 0.234 e. The van der Waals surface area contributed by atoms with Gasteiger partial charge in [0.1, 0.15) is 0 Å². The molecule has 0 aromatic heterocycles. The van der Waals surface area contributed by atoms with Crippen molar-refractivity contribution in [2.45, 2.75) is 46.5 Å². The minimum absolute atomic E-state index is 0.110. The molecule has 0 aliphatic carbocycles. The van der Waals surface area contributed by atoms with E-state index in [0.717, 1.165) is 32.7 Å². The Kier molecular flexibility index (Phi) is 6.41. The van der Waals surface area contributed by atoms with Gasteiger partial charge in [0.25, 0.3) is 0 Å². The summed E-state index contributed by atoms with van der Waals surface area (Å²) in [6.07, 6.45) is 0.886. The van der Waals surface area contributed by atoms with Crippen molar-refractivity contribution in [1.82, 2.24) is 10.2 Å². The van der Waals surface area contributed by atoms with Crippen molar-refractivity contribution in [2.75, 3.05) is 39.4 Å². The molecule has 0 unspecified atom stereocenters. The third-order valence-corrected chi connectivity index (χ3v) is 4.73. The van der Waals surface area contributed by atoms with Gasteiger partial charge in [-0.2, -0.15) is 0 Å². The normalized spacial score (nSPS) is 16.2. The average molecular weight is 332 g/mol. The third-order valence-electron chi connectivity index (χ3n) is 4.73. The number of hydrogen-bond acceptors (Lipinski definition) is 3. The number of carbonyl (C=O) groups is 1. The molecule has 4 heteroatoms. The SMILES string of the molecule is Cc1cc(C(C)(C)C)cc(C)c1CCNC(=O)CN1CCOCC1. The van der Waals surface area contributed by atoms with Crippen molar-refractivity contribution in [3.8, 4) is 0 Å². The Morgan fingerprint density at radius 2 is 1.75 bits per heavy atom. The van der Waals surface area contributed by atoms with Crippen LogP contribution >= 0.6 is 0 Å². The Bertz CT molecular complexity index is 546. The number of benzene rings is 1. The molecule has 0 atom stereocenters. The zero-order valence-electron chi connectivity index (χ0n) is 15.9. The van der Waals surface area contributed by atoms with Crippen molar-refractivity contribution in [1.29, 1.82) is 0 Å². The maximum atomic E-state index is 12.1. The first-order valence-electron chi connectivity index (χ1n) is 8.95. The van der Waals surface area contributed by atoms with E-state index in [0.29, 0.717) is 13.1 Å². The van der Waals surface area contributed by atoms with Crippen LogP contribution in [0.2, 0.25) is 0 Å². The van der Waals surface area contributed by atoms with Crippen LogP contribution in [0.5, 0.6) is 0 Å². The molecule has 1 saturated heterocycles. The van der Waals surface area contributed by atoms with Gasteiger partial charge < -0.3 is 10.1 Å². The summed E-state index contributed by atoms with van der Waals surface area (Å²) in [6, 6.07) is 4.58. The molecule has 1 aliphatic heterocycles. The summed E-state index contributed by atoms with van der Waals surface area (Å²) in [5.74, 6) is 0.110. The maximum absolute atomic E-state index is 12.1. The number of nitrogens with zero attached hydrogens (tertiary/aromatic N) is 1. The Balaban J connectivity index is 1.86. The van der Waals surface area contributed by atoms with E-state index in [1.165, 1.54) is 22.3 Å². The molecule has 0 bridgehead atoms. The first kappa shape index (κ1) is 18.9. The first-order chi connectivity index (χ1) is 11.3. The summed E-state index contributed by atoms with van der Waals surface area (Å²) in [6.45, 7) is 15.4. The van der Waals surface area contributed by atoms with Gasteiger partial charge in [0, 0.05) is 19.6 Å². The molecular weight excluding hydrogens is 300 g/mol. The number of carbonyl (C=O) groups excluding carboxylic acids is 1. The standard InChI is InChI=1S/C20H32N2O2/c1-15-12-17(20(3,4)5)13-16(2)18(15)6-7-21-19(23)14-22-8-10-24-11-9-22/h12-13H,6-11,14H2,1-5H3,(H,21,23). The van der Waals surface area contributed by atoms with E-state index in [2.05, 4.69) is 57.0 Å². The van der Waals surface area contributed by atoms with E-state index in [1.807, 2.05) is 0 Å². The molecule has 0 radical (unpaired) electrons. The fourth-order valence-corrected chi connectivity index (χ4v) is 3.17. The lowest BCUT2D eigenvalue weighted by molar-refractivity contribution is -0.123. The Morgan fingerprint density at radius 3 is 2.29 bits per heavy atom. The third kappa shape index (κ3) is 5.32. The van der Waals surface area contributed by atoms with E-state index < -0.39 is 0 Å². The maximum Gasteiger partial charge on any atom is 0.234 e. The van der Waals surface area contributed by atoms with Gasteiger partial charge in [-0.3, -0.25) is 9.69 Å². The van der Waals surface area contributed by atoms with Crippen LogP contribution in [0.15, 0.2) is 12.1 Å². The van der Waals surface area contributed by atoms with Crippen LogP contribution in [0.1, 0.15) is 43.0 Å². The number of aryl methyl sites for hydroxylation is 2. The fourth-order valence-electron chi connectivity index (χ4n) is 3.17.